The summed E-state index contributed by atoms with van der Waals surface area (Å²) in [6.07, 6.45) is 0. The molecule has 0 aliphatic heterocycles. The molecule has 0 saturated carbocycles. The third-order valence-electron chi connectivity index (χ3n) is 4.12. The van der Waals surface area contributed by atoms with Gasteiger partial charge in [0.2, 0.25) is 5.43 Å². The Balaban J connectivity index is 1.76. The van der Waals surface area contributed by atoms with Crippen molar-refractivity contribution < 1.29 is 14.0 Å². The van der Waals surface area contributed by atoms with Gasteiger partial charge < -0.3 is 0 Å². The number of amides is 2. The number of hydrogen-bond acceptors (Lipinski definition) is 5. The average molecular weight is 398 g/mol. The SMILES string of the molecule is Cc1cc(C)n(CC(=O)NNC(=O)c2nn(-c3ccccc3F)c(C)cc2=O)n1. The van der Waals surface area contributed by atoms with E-state index in [1.165, 1.54) is 28.9 Å². The molecule has 3 aromatic rings. The standard InChI is InChI=1S/C19H19FN6O3/c1-11-8-12(2)25(23-11)10-17(28)21-22-19(29)18-16(27)9-13(3)26(24-18)15-7-5-4-6-14(15)20/h4-9H,10H2,1-3H3,(H,21,28)(H,22,29). The fraction of sp³-hybridized carbons (Fsp3) is 0.211. The minimum atomic E-state index is -0.915. The number of nitrogens with one attached hydrogen (secondary N) is 2. The van der Waals surface area contributed by atoms with Crippen molar-refractivity contribution >= 4 is 11.8 Å². The Morgan fingerprint density at radius 1 is 1.03 bits per heavy atom. The van der Waals surface area contributed by atoms with Gasteiger partial charge in [-0.2, -0.15) is 10.2 Å². The number of hydrogen-bond donors (Lipinski definition) is 2. The summed E-state index contributed by atoms with van der Waals surface area (Å²) in [5.74, 6) is -2.01. The molecule has 29 heavy (non-hydrogen) atoms. The molecule has 0 spiro atoms. The zero-order valence-electron chi connectivity index (χ0n) is 16.1. The molecule has 0 saturated heterocycles. The number of aryl methyl sites for hydroxylation is 3. The van der Waals surface area contributed by atoms with Gasteiger partial charge >= 0.3 is 0 Å². The van der Waals surface area contributed by atoms with Crippen LogP contribution >= 0.6 is 0 Å². The van der Waals surface area contributed by atoms with Crippen LogP contribution in [0.1, 0.15) is 27.6 Å². The van der Waals surface area contributed by atoms with Crippen LogP contribution in [0.2, 0.25) is 0 Å². The summed E-state index contributed by atoms with van der Waals surface area (Å²) in [4.78, 5) is 36.6. The number of hydrazine groups is 1. The second kappa shape index (κ2) is 8.05. The Morgan fingerprint density at radius 3 is 2.41 bits per heavy atom. The molecule has 0 radical (unpaired) electrons. The van der Waals surface area contributed by atoms with Gasteiger partial charge in [0.05, 0.1) is 5.69 Å². The summed E-state index contributed by atoms with van der Waals surface area (Å²) in [7, 11) is 0. The van der Waals surface area contributed by atoms with Gasteiger partial charge in [0.15, 0.2) is 5.69 Å². The Hall–Kier alpha value is -3.82. The van der Waals surface area contributed by atoms with E-state index in [9.17, 15) is 18.8 Å². The van der Waals surface area contributed by atoms with E-state index in [1.54, 1.807) is 26.8 Å². The predicted octanol–water partition coefficient (Wildman–Crippen LogP) is 0.955. The first-order valence-electron chi connectivity index (χ1n) is 8.72. The topological polar surface area (TPSA) is 111 Å². The third kappa shape index (κ3) is 4.37. The summed E-state index contributed by atoms with van der Waals surface area (Å²) in [5.41, 5.74) is 5.23. The molecular formula is C19H19FN6O3. The highest BCUT2D eigenvalue weighted by Gasteiger charge is 2.17. The van der Waals surface area contributed by atoms with Crippen molar-refractivity contribution in [2.24, 2.45) is 0 Å². The highest BCUT2D eigenvalue weighted by atomic mass is 19.1. The van der Waals surface area contributed by atoms with Gasteiger partial charge in [0.25, 0.3) is 11.8 Å². The monoisotopic (exact) mass is 398 g/mol. The van der Waals surface area contributed by atoms with Gasteiger partial charge in [0.1, 0.15) is 18.0 Å². The lowest BCUT2D eigenvalue weighted by atomic mass is 10.2. The molecule has 10 heteroatoms. The normalized spacial score (nSPS) is 10.6. The van der Waals surface area contributed by atoms with Gasteiger partial charge in [-0.05, 0) is 39.0 Å². The van der Waals surface area contributed by atoms with E-state index in [0.717, 1.165) is 16.1 Å². The first kappa shape index (κ1) is 19.9. The average Bonchev–Trinajstić information content (AvgIpc) is 2.97. The molecule has 0 fully saturated rings. The van der Waals surface area contributed by atoms with Crippen LogP contribution < -0.4 is 16.3 Å². The lowest BCUT2D eigenvalue weighted by molar-refractivity contribution is -0.122. The van der Waals surface area contributed by atoms with Crippen molar-refractivity contribution in [1.82, 2.24) is 30.4 Å². The van der Waals surface area contributed by atoms with Crippen LogP contribution in [0.15, 0.2) is 41.2 Å². The molecule has 150 valence electrons. The number of halogens is 1. The maximum atomic E-state index is 14.1. The fourth-order valence-corrected chi connectivity index (χ4v) is 2.77. The molecule has 2 amide bonds. The maximum absolute atomic E-state index is 14.1. The largest absolute Gasteiger partial charge is 0.294 e. The Labute approximate surface area is 165 Å². The van der Waals surface area contributed by atoms with Gasteiger partial charge in [-0.1, -0.05) is 12.1 Å². The summed E-state index contributed by atoms with van der Waals surface area (Å²) in [5, 5.41) is 8.12. The van der Waals surface area contributed by atoms with Crippen molar-refractivity contribution in [2.75, 3.05) is 0 Å². The van der Waals surface area contributed by atoms with E-state index >= 15 is 0 Å². The first-order chi connectivity index (χ1) is 13.8. The van der Waals surface area contributed by atoms with Crippen LogP contribution in [0.4, 0.5) is 4.39 Å². The molecule has 2 heterocycles. The summed E-state index contributed by atoms with van der Waals surface area (Å²) in [6.45, 7) is 5.06. The molecule has 0 aliphatic carbocycles. The number of aromatic nitrogens is 4. The second-order valence-corrected chi connectivity index (χ2v) is 6.45. The molecule has 2 aromatic heterocycles. The molecule has 0 bridgehead atoms. The predicted molar refractivity (Wildman–Crippen MR) is 102 cm³/mol. The smallest absolute Gasteiger partial charge is 0.287 e. The van der Waals surface area contributed by atoms with Crippen LogP contribution in [0, 0.1) is 26.6 Å². The summed E-state index contributed by atoms with van der Waals surface area (Å²) >= 11 is 0. The number of nitrogens with zero attached hydrogens (tertiary/aromatic N) is 4. The van der Waals surface area contributed by atoms with E-state index in [2.05, 4.69) is 21.0 Å². The number of carbonyl (C=O) groups excluding carboxylic acids is 2. The molecular weight excluding hydrogens is 379 g/mol. The van der Waals surface area contributed by atoms with E-state index in [-0.39, 0.29) is 12.2 Å². The van der Waals surface area contributed by atoms with Gasteiger partial charge in [-0.3, -0.25) is 29.9 Å². The zero-order valence-corrected chi connectivity index (χ0v) is 16.1. The van der Waals surface area contributed by atoms with E-state index in [1.807, 2.05) is 6.07 Å². The van der Waals surface area contributed by atoms with E-state index < -0.39 is 28.8 Å². The van der Waals surface area contributed by atoms with Crippen molar-refractivity contribution in [3.63, 3.8) is 0 Å². The molecule has 0 atom stereocenters. The molecule has 1 aromatic carbocycles. The van der Waals surface area contributed by atoms with Crippen LogP contribution in [-0.4, -0.2) is 31.4 Å². The van der Waals surface area contributed by atoms with Crippen molar-refractivity contribution in [1.29, 1.82) is 0 Å². The fourth-order valence-electron chi connectivity index (χ4n) is 2.77. The molecule has 2 N–H and O–H groups in total. The van der Waals surface area contributed by atoms with Crippen molar-refractivity contribution in [2.45, 2.75) is 27.3 Å². The maximum Gasteiger partial charge on any atom is 0.294 e. The Kier molecular flexibility index (Phi) is 5.53. The molecule has 0 unspecified atom stereocenters. The number of rotatable bonds is 4. The lowest BCUT2D eigenvalue weighted by Gasteiger charge is -2.12. The minimum absolute atomic E-state index is 0.0904. The Morgan fingerprint density at radius 2 is 1.76 bits per heavy atom. The number of carbonyl (C=O) groups is 2. The second-order valence-electron chi connectivity index (χ2n) is 6.45. The number of benzene rings is 1. The highest BCUT2D eigenvalue weighted by Crippen LogP contribution is 2.13. The molecule has 9 nitrogen and oxygen atoms in total. The molecule has 3 rings (SSSR count). The minimum Gasteiger partial charge on any atom is -0.287 e. The van der Waals surface area contributed by atoms with Crippen LogP contribution in [-0.2, 0) is 11.3 Å². The highest BCUT2D eigenvalue weighted by molar-refractivity contribution is 5.93. The van der Waals surface area contributed by atoms with Gasteiger partial charge in [-0.15, -0.1) is 0 Å². The van der Waals surface area contributed by atoms with E-state index in [0.29, 0.717) is 5.69 Å². The van der Waals surface area contributed by atoms with Crippen LogP contribution in [0.5, 0.6) is 0 Å². The van der Waals surface area contributed by atoms with Gasteiger partial charge in [-0.25, -0.2) is 9.07 Å². The van der Waals surface area contributed by atoms with Crippen molar-refractivity contribution in [3.8, 4) is 5.69 Å². The molecule has 0 aliphatic rings. The zero-order chi connectivity index (χ0) is 21.1. The summed E-state index contributed by atoms with van der Waals surface area (Å²) < 4.78 is 16.7. The van der Waals surface area contributed by atoms with Crippen LogP contribution in [0.25, 0.3) is 5.69 Å². The third-order valence-corrected chi connectivity index (χ3v) is 4.12. The lowest BCUT2D eigenvalue weighted by Crippen LogP contribution is -2.45. The van der Waals surface area contributed by atoms with Gasteiger partial charge in [0, 0.05) is 17.5 Å². The van der Waals surface area contributed by atoms with Crippen LogP contribution in [0.3, 0.4) is 0 Å². The van der Waals surface area contributed by atoms with Crippen molar-refractivity contribution in [3.05, 3.63) is 75.2 Å². The van der Waals surface area contributed by atoms with E-state index in [4.69, 9.17) is 0 Å². The quantitative estimate of drug-likeness (QED) is 0.636. The number of para-hydroxylation sites is 1. The Bertz CT molecular complexity index is 1150. The summed E-state index contributed by atoms with van der Waals surface area (Å²) in [6, 6.07) is 8.82. The first-order valence-corrected chi connectivity index (χ1v) is 8.72.